The van der Waals surface area contributed by atoms with Crippen molar-refractivity contribution in [3.63, 3.8) is 0 Å². The van der Waals surface area contributed by atoms with Crippen LogP contribution in [0.3, 0.4) is 0 Å². The van der Waals surface area contributed by atoms with E-state index in [0.29, 0.717) is 30.4 Å². The summed E-state index contributed by atoms with van der Waals surface area (Å²) in [7, 11) is 0. The van der Waals surface area contributed by atoms with Crippen LogP contribution >= 0.6 is 11.6 Å². The number of fused-ring (bicyclic) bond motifs is 1. The fourth-order valence-corrected chi connectivity index (χ4v) is 4.57. The highest BCUT2D eigenvalue weighted by atomic mass is 35.5. The molecule has 0 atom stereocenters. The molecule has 1 saturated heterocycles. The predicted molar refractivity (Wildman–Crippen MR) is 143 cm³/mol. The van der Waals surface area contributed by atoms with Crippen molar-refractivity contribution in [2.24, 2.45) is 0 Å². The van der Waals surface area contributed by atoms with Crippen LogP contribution in [0.4, 0.5) is 24.7 Å². The first-order valence-corrected chi connectivity index (χ1v) is 13.1. The molecule has 1 aromatic heterocycles. The van der Waals surface area contributed by atoms with Crippen LogP contribution in [0.25, 0.3) is 10.9 Å². The first kappa shape index (κ1) is 28.1. The number of morpholine rings is 1. The third kappa shape index (κ3) is 7.55. The number of carbonyl (C=O) groups is 1. The van der Waals surface area contributed by atoms with E-state index in [9.17, 15) is 18.0 Å². The molecule has 0 bridgehead atoms. The van der Waals surface area contributed by atoms with E-state index >= 15 is 0 Å². The highest BCUT2D eigenvalue weighted by molar-refractivity contribution is 6.31. The Kier molecular flexibility index (Phi) is 9.40. The Labute approximate surface area is 224 Å². The third-order valence-electron chi connectivity index (χ3n) is 6.39. The number of nitrogens with one attached hydrogen (secondary N) is 1. The van der Waals surface area contributed by atoms with Crippen LogP contribution in [0.2, 0.25) is 5.02 Å². The fraction of sp³-hybridized carbons (Fsp3) is 0.444. The normalized spacial score (nSPS) is 14.6. The maximum Gasteiger partial charge on any atom is 0.416 e. The fourth-order valence-electron chi connectivity index (χ4n) is 4.40. The molecule has 0 unspecified atom stereocenters. The molecular formula is C27H31ClF3N5O2. The molecule has 2 heterocycles. The summed E-state index contributed by atoms with van der Waals surface area (Å²) in [4.78, 5) is 26.6. The standard InChI is InChI=1S/C27H31ClF3N5O2/c1-2-24-33-23-18-20(28)7-8-22(23)26(34-24)36(11-4-10-35-13-15-38-16-14-35)12-9-25(37)32-21-6-3-5-19(17-21)27(29,30)31/h3,5-8,17-18H,2,4,9-16H2,1H3,(H,32,37). The second kappa shape index (κ2) is 12.7. The lowest BCUT2D eigenvalue weighted by Gasteiger charge is -2.29. The van der Waals surface area contributed by atoms with Gasteiger partial charge in [0.15, 0.2) is 0 Å². The average Bonchev–Trinajstić information content (AvgIpc) is 2.90. The van der Waals surface area contributed by atoms with Crippen molar-refractivity contribution in [2.45, 2.75) is 32.4 Å². The van der Waals surface area contributed by atoms with Crippen molar-refractivity contribution in [3.8, 4) is 0 Å². The van der Waals surface area contributed by atoms with Crippen LogP contribution in [0.15, 0.2) is 42.5 Å². The summed E-state index contributed by atoms with van der Waals surface area (Å²) >= 11 is 6.22. The third-order valence-corrected chi connectivity index (χ3v) is 6.62. The summed E-state index contributed by atoms with van der Waals surface area (Å²) in [6.45, 7) is 7.04. The molecule has 4 rings (SSSR count). The molecule has 0 aliphatic carbocycles. The number of benzene rings is 2. The number of halogens is 4. The SMILES string of the molecule is CCc1nc(N(CCCN2CCOCC2)CCC(=O)Nc2cccc(C(F)(F)F)c2)c2ccc(Cl)cc2n1. The summed E-state index contributed by atoms with van der Waals surface area (Å²) in [5.41, 5.74) is 0.0308. The molecule has 1 N–H and O–H groups in total. The molecule has 1 aliphatic heterocycles. The van der Waals surface area contributed by atoms with E-state index in [2.05, 4.69) is 20.1 Å². The zero-order valence-electron chi connectivity index (χ0n) is 21.2. The summed E-state index contributed by atoms with van der Waals surface area (Å²) in [5, 5.41) is 4.00. The Morgan fingerprint density at radius 2 is 1.92 bits per heavy atom. The molecule has 1 fully saturated rings. The smallest absolute Gasteiger partial charge is 0.379 e. The van der Waals surface area contributed by atoms with Crippen molar-refractivity contribution in [1.29, 1.82) is 0 Å². The molecule has 1 amide bonds. The second-order valence-electron chi connectivity index (χ2n) is 9.15. The monoisotopic (exact) mass is 549 g/mol. The van der Waals surface area contributed by atoms with Crippen LogP contribution in [0.1, 0.15) is 31.2 Å². The van der Waals surface area contributed by atoms with E-state index < -0.39 is 11.7 Å². The Morgan fingerprint density at radius 1 is 1.13 bits per heavy atom. The van der Waals surface area contributed by atoms with Crippen LogP contribution in [0.5, 0.6) is 0 Å². The van der Waals surface area contributed by atoms with Gasteiger partial charge in [0, 0.05) is 61.7 Å². The highest BCUT2D eigenvalue weighted by Gasteiger charge is 2.30. The first-order chi connectivity index (χ1) is 18.2. The number of amides is 1. The number of aryl methyl sites for hydroxylation is 1. The van der Waals surface area contributed by atoms with Crippen LogP contribution in [-0.2, 0) is 22.1 Å². The lowest BCUT2D eigenvalue weighted by atomic mass is 10.2. The highest BCUT2D eigenvalue weighted by Crippen LogP contribution is 2.31. The number of hydrogen-bond donors (Lipinski definition) is 1. The molecule has 0 saturated carbocycles. The van der Waals surface area contributed by atoms with Gasteiger partial charge in [0.1, 0.15) is 11.6 Å². The van der Waals surface area contributed by atoms with Gasteiger partial charge in [-0.3, -0.25) is 9.69 Å². The maximum atomic E-state index is 13.1. The van der Waals surface area contributed by atoms with E-state index in [1.165, 1.54) is 12.1 Å². The van der Waals surface area contributed by atoms with Gasteiger partial charge in [0.25, 0.3) is 0 Å². The number of alkyl halides is 3. The number of aromatic nitrogens is 2. The molecular weight excluding hydrogens is 519 g/mol. The number of nitrogens with zero attached hydrogens (tertiary/aromatic N) is 4. The van der Waals surface area contributed by atoms with Crippen LogP contribution in [-0.4, -0.2) is 66.7 Å². The van der Waals surface area contributed by atoms with Crippen LogP contribution in [0, 0.1) is 0 Å². The van der Waals surface area contributed by atoms with E-state index in [-0.39, 0.29) is 18.0 Å². The zero-order valence-corrected chi connectivity index (χ0v) is 22.0. The van der Waals surface area contributed by atoms with E-state index in [1.54, 1.807) is 12.1 Å². The van der Waals surface area contributed by atoms with Gasteiger partial charge in [0.05, 0.1) is 24.3 Å². The maximum absolute atomic E-state index is 13.1. The summed E-state index contributed by atoms with van der Waals surface area (Å²) in [6, 6.07) is 10.1. The lowest BCUT2D eigenvalue weighted by Crippen LogP contribution is -2.38. The number of anilines is 2. The summed E-state index contributed by atoms with van der Waals surface area (Å²) in [6.07, 6.45) is -2.93. The first-order valence-electron chi connectivity index (χ1n) is 12.7. The summed E-state index contributed by atoms with van der Waals surface area (Å²) < 4.78 is 44.6. The van der Waals surface area contributed by atoms with Gasteiger partial charge >= 0.3 is 6.18 Å². The minimum atomic E-state index is -4.48. The molecule has 3 aromatic rings. The second-order valence-corrected chi connectivity index (χ2v) is 9.59. The number of hydrogen-bond acceptors (Lipinski definition) is 6. The molecule has 1 aliphatic rings. The van der Waals surface area contributed by atoms with Gasteiger partial charge < -0.3 is 15.0 Å². The molecule has 38 heavy (non-hydrogen) atoms. The zero-order chi connectivity index (χ0) is 27.1. The van der Waals surface area contributed by atoms with Gasteiger partial charge in [-0.05, 0) is 42.8 Å². The molecule has 0 radical (unpaired) electrons. The van der Waals surface area contributed by atoms with Gasteiger partial charge in [-0.1, -0.05) is 24.6 Å². The molecule has 204 valence electrons. The van der Waals surface area contributed by atoms with Gasteiger partial charge in [-0.15, -0.1) is 0 Å². The van der Waals surface area contributed by atoms with Gasteiger partial charge in [-0.25, -0.2) is 9.97 Å². The molecule has 2 aromatic carbocycles. The molecule has 11 heteroatoms. The van der Waals surface area contributed by atoms with E-state index in [4.69, 9.17) is 21.3 Å². The van der Waals surface area contributed by atoms with E-state index in [1.807, 2.05) is 13.0 Å². The number of rotatable bonds is 10. The Morgan fingerprint density at radius 3 is 2.66 bits per heavy atom. The lowest BCUT2D eigenvalue weighted by molar-refractivity contribution is -0.137. The Balaban J connectivity index is 1.51. The van der Waals surface area contributed by atoms with Crippen molar-refractivity contribution < 1.29 is 22.7 Å². The van der Waals surface area contributed by atoms with Crippen molar-refractivity contribution in [1.82, 2.24) is 14.9 Å². The minimum Gasteiger partial charge on any atom is -0.379 e. The van der Waals surface area contributed by atoms with Crippen molar-refractivity contribution in [3.05, 3.63) is 58.9 Å². The molecule has 7 nitrogen and oxygen atoms in total. The predicted octanol–water partition coefficient (Wildman–Crippen LogP) is 5.42. The van der Waals surface area contributed by atoms with Crippen molar-refractivity contribution >= 4 is 39.9 Å². The topological polar surface area (TPSA) is 70.6 Å². The minimum absolute atomic E-state index is 0.0777. The largest absolute Gasteiger partial charge is 0.416 e. The molecule has 0 spiro atoms. The average molecular weight is 550 g/mol. The number of ether oxygens (including phenoxy) is 1. The Hall–Kier alpha value is -2.95. The quantitative estimate of drug-likeness (QED) is 0.364. The number of carbonyl (C=O) groups excluding carboxylic acids is 1. The Bertz CT molecular complexity index is 1250. The van der Waals surface area contributed by atoms with Gasteiger partial charge in [-0.2, -0.15) is 13.2 Å². The van der Waals surface area contributed by atoms with E-state index in [0.717, 1.165) is 68.1 Å². The van der Waals surface area contributed by atoms with Gasteiger partial charge in [0.2, 0.25) is 5.91 Å². The summed E-state index contributed by atoms with van der Waals surface area (Å²) in [5.74, 6) is 1.01. The van der Waals surface area contributed by atoms with Crippen LogP contribution < -0.4 is 10.2 Å². The van der Waals surface area contributed by atoms with Crippen molar-refractivity contribution in [2.75, 3.05) is 56.2 Å².